The smallest absolute Gasteiger partial charge is 0.309 e. The lowest BCUT2D eigenvalue weighted by atomic mass is 9.74. The Bertz CT molecular complexity index is 198. The van der Waals surface area contributed by atoms with Crippen molar-refractivity contribution in [3.8, 4) is 0 Å². The molecule has 3 aliphatic rings. The standard InChI is InChI=1S/C8H12O3/c1-8(10)4-5-2-3-6(8)11-7(5)9/h5-6,10H,2-4H2,1H3. The fourth-order valence-electron chi connectivity index (χ4n) is 2.02. The summed E-state index contributed by atoms with van der Waals surface area (Å²) < 4.78 is 5.01. The Morgan fingerprint density at radius 2 is 2.36 bits per heavy atom. The van der Waals surface area contributed by atoms with E-state index in [4.69, 9.17) is 4.74 Å². The predicted octanol–water partition coefficient (Wildman–Crippen LogP) is 0.463. The number of rotatable bonds is 0. The number of ether oxygens (including phenoxy) is 1. The molecule has 0 amide bonds. The molecule has 2 aliphatic heterocycles. The molecule has 2 saturated heterocycles. The third kappa shape index (κ3) is 0.948. The van der Waals surface area contributed by atoms with Gasteiger partial charge in [-0.25, -0.2) is 0 Å². The van der Waals surface area contributed by atoms with Gasteiger partial charge in [-0.15, -0.1) is 0 Å². The van der Waals surface area contributed by atoms with Crippen molar-refractivity contribution in [2.45, 2.75) is 37.9 Å². The molecule has 0 aromatic carbocycles. The lowest BCUT2D eigenvalue weighted by Gasteiger charge is -2.44. The zero-order chi connectivity index (χ0) is 8.06. The van der Waals surface area contributed by atoms with Crippen LogP contribution in [-0.4, -0.2) is 22.8 Å². The Morgan fingerprint density at radius 3 is 2.64 bits per heavy atom. The number of hydrogen-bond acceptors (Lipinski definition) is 3. The average Bonchev–Trinajstić information content (AvgIpc) is 1.90. The maximum absolute atomic E-state index is 11.0. The molecular formula is C8H12O3. The van der Waals surface area contributed by atoms with E-state index in [0.717, 1.165) is 12.8 Å². The van der Waals surface area contributed by atoms with Gasteiger partial charge in [0.05, 0.1) is 11.5 Å². The van der Waals surface area contributed by atoms with Crippen LogP contribution in [0.25, 0.3) is 0 Å². The van der Waals surface area contributed by atoms with Gasteiger partial charge >= 0.3 is 5.97 Å². The molecule has 3 atom stereocenters. The van der Waals surface area contributed by atoms with Crippen LogP contribution in [0.15, 0.2) is 0 Å². The van der Waals surface area contributed by atoms with Gasteiger partial charge in [0.25, 0.3) is 0 Å². The topological polar surface area (TPSA) is 46.5 Å². The lowest BCUT2D eigenvalue weighted by Crippen LogP contribution is -2.54. The predicted molar refractivity (Wildman–Crippen MR) is 37.8 cm³/mol. The van der Waals surface area contributed by atoms with Crippen LogP contribution in [0.1, 0.15) is 26.2 Å². The van der Waals surface area contributed by atoms with Crippen molar-refractivity contribution in [1.82, 2.24) is 0 Å². The Morgan fingerprint density at radius 1 is 1.64 bits per heavy atom. The first-order chi connectivity index (χ1) is 5.09. The van der Waals surface area contributed by atoms with Gasteiger partial charge in [0.1, 0.15) is 6.10 Å². The quantitative estimate of drug-likeness (QED) is 0.518. The third-order valence-electron chi connectivity index (χ3n) is 2.72. The molecular weight excluding hydrogens is 144 g/mol. The molecule has 0 aromatic heterocycles. The van der Waals surface area contributed by atoms with Crippen molar-refractivity contribution >= 4 is 5.97 Å². The van der Waals surface area contributed by atoms with Crippen LogP contribution in [0.2, 0.25) is 0 Å². The summed E-state index contributed by atoms with van der Waals surface area (Å²) in [7, 11) is 0. The highest BCUT2D eigenvalue weighted by molar-refractivity contribution is 5.74. The molecule has 3 rings (SSSR count). The zero-order valence-corrected chi connectivity index (χ0v) is 6.54. The molecule has 3 nitrogen and oxygen atoms in total. The summed E-state index contributed by atoms with van der Waals surface area (Å²) in [6, 6.07) is 0. The van der Waals surface area contributed by atoms with Crippen LogP contribution < -0.4 is 0 Å². The van der Waals surface area contributed by atoms with Gasteiger partial charge in [-0.3, -0.25) is 4.79 Å². The van der Waals surface area contributed by atoms with E-state index in [1.807, 2.05) is 0 Å². The van der Waals surface area contributed by atoms with E-state index >= 15 is 0 Å². The summed E-state index contributed by atoms with van der Waals surface area (Å²) in [5.74, 6) is -0.164. The monoisotopic (exact) mass is 156 g/mol. The summed E-state index contributed by atoms with van der Waals surface area (Å²) in [6.45, 7) is 1.75. The number of carbonyl (C=O) groups excluding carboxylic acids is 1. The highest BCUT2D eigenvalue weighted by atomic mass is 16.6. The Balaban J connectivity index is 2.23. The maximum Gasteiger partial charge on any atom is 0.309 e. The van der Waals surface area contributed by atoms with Gasteiger partial charge in [-0.05, 0) is 26.2 Å². The maximum atomic E-state index is 11.0. The molecule has 0 radical (unpaired) electrons. The Kier molecular flexibility index (Phi) is 1.27. The molecule has 1 aliphatic carbocycles. The molecule has 62 valence electrons. The van der Waals surface area contributed by atoms with E-state index in [-0.39, 0.29) is 18.0 Å². The normalized spacial score (nSPS) is 49.1. The van der Waals surface area contributed by atoms with Gasteiger partial charge in [0, 0.05) is 0 Å². The highest BCUT2D eigenvalue weighted by Crippen LogP contribution is 2.40. The number of hydrogen-bond donors (Lipinski definition) is 1. The first-order valence-corrected chi connectivity index (χ1v) is 4.02. The molecule has 0 spiro atoms. The molecule has 2 heterocycles. The minimum Gasteiger partial charge on any atom is -0.459 e. The van der Waals surface area contributed by atoms with Crippen LogP contribution in [0, 0.1) is 5.92 Å². The molecule has 1 saturated carbocycles. The van der Waals surface area contributed by atoms with Crippen molar-refractivity contribution in [2.24, 2.45) is 5.92 Å². The summed E-state index contributed by atoms with van der Waals surface area (Å²) in [5, 5.41) is 9.71. The van der Waals surface area contributed by atoms with Gasteiger partial charge in [-0.1, -0.05) is 0 Å². The molecule has 1 N–H and O–H groups in total. The largest absolute Gasteiger partial charge is 0.459 e. The minimum atomic E-state index is -0.767. The number of esters is 1. The summed E-state index contributed by atoms with van der Waals surface area (Å²) in [5.41, 5.74) is -0.767. The second kappa shape index (κ2) is 1.97. The van der Waals surface area contributed by atoms with Crippen LogP contribution in [0.4, 0.5) is 0 Å². The second-order valence-corrected chi connectivity index (χ2v) is 3.76. The van der Waals surface area contributed by atoms with E-state index in [0.29, 0.717) is 6.42 Å². The molecule has 11 heavy (non-hydrogen) atoms. The van der Waals surface area contributed by atoms with Crippen molar-refractivity contribution < 1.29 is 14.6 Å². The molecule has 3 unspecified atom stereocenters. The third-order valence-corrected chi connectivity index (χ3v) is 2.72. The molecule has 2 bridgehead atoms. The molecule has 3 heteroatoms. The van der Waals surface area contributed by atoms with E-state index in [1.165, 1.54) is 0 Å². The number of fused-ring (bicyclic) bond motifs is 3. The average molecular weight is 156 g/mol. The Labute approximate surface area is 65.4 Å². The van der Waals surface area contributed by atoms with Gasteiger partial charge < -0.3 is 9.84 Å². The highest BCUT2D eigenvalue weighted by Gasteiger charge is 2.49. The van der Waals surface area contributed by atoms with Crippen LogP contribution in [0.3, 0.4) is 0 Å². The van der Waals surface area contributed by atoms with Gasteiger partial charge in [-0.2, -0.15) is 0 Å². The first kappa shape index (κ1) is 7.10. The fraction of sp³-hybridized carbons (Fsp3) is 0.875. The van der Waals surface area contributed by atoms with Gasteiger partial charge in [0.15, 0.2) is 0 Å². The molecule has 0 aromatic rings. The van der Waals surface area contributed by atoms with Crippen LogP contribution >= 0.6 is 0 Å². The minimum absolute atomic E-state index is 0.0463. The Hall–Kier alpha value is -0.570. The summed E-state index contributed by atoms with van der Waals surface area (Å²) in [6.07, 6.45) is 2.04. The summed E-state index contributed by atoms with van der Waals surface area (Å²) in [4.78, 5) is 11.0. The van der Waals surface area contributed by atoms with Crippen molar-refractivity contribution in [2.75, 3.05) is 0 Å². The van der Waals surface area contributed by atoms with Crippen LogP contribution in [0.5, 0.6) is 0 Å². The van der Waals surface area contributed by atoms with Crippen molar-refractivity contribution in [3.05, 3.63) is 0 Å². The number of carbonyl (C=O) groups is 1. The fourth-order valence-corrected chi connectivity index (χ4v) is 2.02. The van der Waals surface area contributed by atoms with E-state index in [9.17, 15) is 9.90 Å². The second-order valence-electron chi connectivity index (χ2n) is 3.76. The van der Waals surface area contributed by atoms with Crippen molar-refractivity contribution in [1.29, 1.82) is 0 Å². The molecule has 3 fully saturated rings. The summed E-state index contributed by atoms with van der Waals surface area (Å²) >= 11 is 0. The first-order valence-electron chi connectivity index (χ1n) is 4.02. The van der Waals surface area contributed by atoms with Gasteiger partial charge in [0.2, 0.25) is 0 Å². The number of aliphatic hydroxyl groups is 1. The van der Waals surface area contributed by atoms with E-state index in [1.54, 1.807) is 6.92 Å². The van der Waals surface area contributed by atoms with E-state index < -0.39 is 5.60 Å². The zero-order valence-electron chi connectivity index (χ0n) is 6.54. The van der Waals surface area contributed by atoms with Crippen LogP contribution in [-0.2, 0) is 9.53 Å². The van der Waals surface area contributed by atoms with Crippen molar-refractivity contribution in [3.63, 3.8) is 0 Å². The SMILES string of the molecule is CC1(O)CC2CCC1OC2=O. The lowest BCUT2D eigenvalue weighted by molar-refractivity contribution is -0.202. The van der Waals surface area contributed by atoms with E-state index in [2.05, 4.69) is 0 Å².